The Morgan fingerprint density at radius 3 is 2.78 bits per heavy atom. The fraction of sp³-hybridized carbons (Fsp3) is 0.571. The molecule has 1 aliphatic heterocycles. The first-order valence-corrected chi connectivity index (χ1v) is 6.62. The van der Waals surface area contributed by atoms with Gasteiger partial charge in [0.15, 0.2) is 11.5 Å². The Morgan fingerprint density at radius 1 is 1.28 bits per heavy atom. The van der Waals surface area contributed by atoms with Crippen molar-refractivity contribution in [3.05, 3.63) is 23.8 Å². The van der Waals surface area contributed by atoms with Crippen molar-refractivity contribution in [3.63, 3.8) is 0 Å². The van der Waals surface area contributed by atoms with Crippen molar-refractivity contribution in [1.29, 1.82) is 0 Å². The summed E-state index contributed by atoms with van der Waals surface area (Å²) in [5, 5.41) is 3.32. The number of hydrogen-bond donors (Lipinski definition) is 2. The number of nitrogens with two attached hydrogens (primary N) is 1. The number of rotatable bonds is 5. The van der Waals surface area contributed by atoms with Crippen molar-refractivity contribution >= 4 is 0 Å². The summed E-state index contributed by atoms with van der Waals surface area (Å²) in [4.78, 5) is 0. The van der Waals surface area contributed by atoms with Gasteiger partial charge in [0.2, 0.25) is 0 Å². The fourth-order valence-electron chi connectivity index (χ4n) is 2.20. The molecule has 0 aromatic heterocycles. The van der Waals surface area contributed by atoms with Crippen molar-refractivity contribution in [2.75, 3.05) is 26.8 Å². The lowest BCUT2D eigenvalue weighted by atomic mass is 10.0. The highest BCUT2D eigenvalue weighted by molar-refractivity contribution is 5.44. The monoisotopic (exact) mass is 250 g/mol. The molecule has 1 aliphatic rings. The van der Waals surface area contributed by atoms with Crippen molar-refractivity contribution < 1.29 is 9.47 Å². The van der Waals surface area contributed by atoms with Crippen LogP contribution in [0.1, 0.15) is 30.9 Å². The molecule has 0 bridgehead atoms. The predicted octanol–water partition coefficient (Wildman–Crippen LogP) is 1.85. The molecule has 1 unspecified atom stereocenters. The summed E-state index contributed by atoms with van der Waals surface area (Å²) in [6, 6.07) is 6.51. The first kappa shape index (κ1) is 13.2. The predicted molar refractivity (Wildman–Crippen MR) is 72.1 cm³/mol. The Hall–Kier alpha value is -1.26. The first-order valence-electron chi connectivity index (χ1n) is 6.62. The molecule has 3 N–H and O–H groups in total. The molecule has 0 amide bonds. The van der Waals surface area contributed by atoms with E-state index in [2.05, 4.69) is 17.4 Å². The Balaban J connectivity index is 2.15. The van der Waals surface area contributed by atoms with Crippen LogP contribution >= 0.6 is 0 Å². The van der Waals surface area contributed by atoms with E-state index in [1.807, 2.05) is 13.1 Å². The zero-order valence-electron chi connectivity index (χ0n) is 10.9. The summed E-state index contributed by atoms with van der Waals surface area (Å²) in [6.07, 6.45) is 2.99. The summed E-state index contributed by atoms with van der Waals surface area (Å²) >= 11 is 0. The summed E-state index contributed by atoms with van der Waals surface area (Å²) in [5.41, 5.74) is 6.80. The molecule has 0 fully saturated rings. The lowest BCUT2D eigenvalue weighted by molar-refractivity contribution is 0.297. The normalized spacial score (nSPS) is 16.1. The zero-order valence-corrected chi connectivity index (χ0v) is 10.9. The molecule has 0 saturated heterocycles. The molecule has 1 aromatic carbocycles. The lowest BCUT2D eigenvalue weighted by Gasteiger charge is -2.18. The van der Waals surface area contributed by atoms with Gasteiger partial charge in [-0.15, -0.1) is 0 Å². The number of benzene rings is 1. The van der Waals surface area contributed by atoms with Crippen LogP contribution in [-0.2, 0) is 0 Å². The molecule has 100 valence electrons. The van der Waals surface area contributed by atoms with E-state index in [-0.39, 0.29) is 0 Å². The van der Waals surface area contributed by atoms with E-state index in [0.717, 1.165) is 50.5 Å². The molecule has 4 nitrogen and oxygen atoms in total. The second kappa shape index (κ2) is 6.61. The quantitative estimate of drug-likeness (QED) is 0.837. The van der Waals surface area contributed by atoms with Gasteiger partial charge in [-0.3, -0.25) is 0 Å². The van der Waals surface area contributed by atoms with Crippen LogP contribution in [0.2, 0.25) is 0 Å². The van der Waals surface area contributed by atoms with Crippen molar-refractivity contribution in [2.24, 2.45) is 5.73 Å². The van der Waals surface area contributed by atoms with E-state index in [0.29, 0.717) is 6.04 Å². The van der Waals surface area contributed by atoms with Gasteiger partial charge < -0.3 is 20.5 Å². The molecule has 0 saturated carbocycles. The third-order valence-corrected chi connectivity index (χ3v) is 3.22. The van der Waals surface area contributed by atoms with E-state index in [1.54, 1.807) is 0 Å². The smallest absolute Gasteiger partial charge is 0.161 e. The van der Waals surface area contributed by atoms with E-state index < -0.39 is 0 Å². The van der Waals surface area contributed by atoms with Crippen LogP contribution in [0, 0.1) is 0 Å². The minimum Gasteiger partial charge on any atom is -0.490 e. The number of fused-ring (bicyclic) bond motifs is 1. The Morgan fingerprint density at radius 2 is 2.06 bits per heavy atom. The van der Waals surface area contributed by atoms with Crippen LogP contribution in [0.5, 0.6) is 11.5 Å². The number of ether oxygens (including phenoxy) is 2. The van der Waals surface area contributed by atoms with Crippen LogP contribution < -0.4 is 20.5 Å². The molecule has 18 heavy (non-hydrogen) atoms. The topological polar surface area (TPSA) is 56.5 Å². The number of nitrogens with one attached hydrogen (secondary N) is 1. The molecule has 1 aromatic rings. The van der Waals surface area contributed by atoms with Crippen LogP contribution in [0.4, 0.5) is 0 Å². The maximum absolute atomic E-state index is 5.71. The molecule has 4 heteroatoms. The molecular formula is C14H22N2O2. The van der Waals surface area contributed by atoms with Crippen molar-refractivity contribution in [3.8, 4) is 11.5 Å². The van der Waals surface area contributed by atoms with Gasteiger partial charge in [0.1, 0.15) is 0 Å². The highest BCUT2D eigenvalue weighted by atomic mass is 16.5. The van der Waals surface area contributed by atoms with Crippen molar-refractivity contribution in [2.45, 2.75) is 25.3 Å². The average Bonchev–Trinajstić information content (AvgIpc) is 2.64. The van der Waals surface area contributed by atoms with Gasteiger partial charge in [-0.25, -0.2) is 0 Å². The second-order valence-electron chi connectivity index (χ2n) is 4.53. The van der Waals surface area contributed by atoms with Gasteiger partial charge in [-0.1, -0.05) is 6.07 Å². The zero-order chi connectivity index (χ0) is 12.8. The number of hydrogen-bond acceptors (Lipinski definition) is 4. The second-order valence-corrected chi connectivity index (χ2v) is 4.53. The maximum atomic E-state index is 5.71. The van der Waals surface area contributed by atoms with Gasteiger partial charge in [0.25, 0.3) is 0 Å². The van der Waals surface area contributed by atoms with E-state index >= 15 is 0 Å². The molecule has 1 heterocycles. The van der Waals surface area contributed by atoms with Gasteiger partial charge in [-0.2, -0.15) is 0 Å². The summed E-state index contributed by atoms with van der Waals surface area (Å²) in [7, 11) is 1.98. The van der Waals surface area contributed by atoms with Gasteiger partial charge in [0, 0.05) is 12.5 Å². The molecule has 1 atom stereocenters. The standard InChI is InChI=1S/C14H22N2O2/c1-16-12(4-2-7-15)11-5-6-13-14(10-11)18-9-3-8-17-13/h5-6,10,12,16H,2-4,7-9,15H2,1H3. The van der Waals surface area contributed by atoms with E-state index in [1.165, 1.54) is 5.56 Å². The highest BCUT2D eigenvalue weighted by Crippen LogP contribution is 2.33. The molecule has 0 spiro atoms. The Bertz CT molecular complexity index is 382. The van der Waals surface area contributed by atoms with Crippen LogP contribution in [0.15, 0.2) is 18.2 Å². The first-order chi connectivity index (χ1) is 8.85. The minimum absolute atomic E-state index is 0.325. The van der Waals surface area contributed by atoms with Crippen LogP contribution in [0.3, 0.4) is 0 Å². The molecular weight excluding hydrogens is 228 g/mol. The molecule has 0 aliphatic carbocycles. The van der Waals surface area contributed by atoms with Crippen LogP contribution in [-0.4, -0.2) is 26.8 Å². The van der Waals surface area contributed by atoms with Gasteiger partial charge in [0.05, 0.1) is 13.2 Å². The van der Waals surface area contributed by atoms with E-state index in [4.69, 9.17) is 15.2 Å². The SMILES string of the molecule is CNC(CCCN)c1ccc2c(c1)OCCCO2. The largest absolute Gasteiger partial charge is 0.490 e. The Kier molecular flexibility index (Phi) is 4.84. The summed E-state index contributed by atoms with van der Waals surface area (Å²) < 4.78 is 11.3. The Labute approximate surface area is 108 Å². The van der Waals surface area contributed by atoms with Crippen molar-refractivity contribution in [1.82, 2.24) is 5.32 Å². The van der Waals surface area contributed by atoms with Gasteiger partial charge in [-0.05, 0) is 44.1 Å². The lowest BCUT2D eigenvalue weighted by Crippen LogP contribution is -2.17. The summed E-state index contributed by atoms with van der Waals surface area (Å²) in [6.45, 7) is 2.18. The minimum atomic E-state index is 0.325. The van der Waals surface area contributed by atoms with Crippen LogP contribution in [0.25, 0.3) is 0 Å². The third-order valence-electron chi connectivity index (χ3n) is 3.22. The van der Waals surface area contributed by atoms with E-state index in [9.17, 15) is 0 Å². The molecule has 0 radical (unpaired) electrons. The fourth-order valence-corrected chi connectivity index (χ4v) is 2.20. The molecule has 2 rings (SSSR count). The third kappa shape index (κ3) is 3.15. The maximum Gasteiger partial charge on any atom is 0.161 e. The highest BCUT2D eigenvalue weighted by Gasteiger charge is 2.14. The summed E-state index contributed by atoms with van der Waals surface area (Å²) in [5.74, 6) is 1.71. The average molecular weight is 250 g/mol. The van der Waals surface area contributed by atoms with Gasteiger partial charge >= 0.3 is 0 Å².